The Morgan fingerprint density at radius 3 is 3.13 bits per heavy atom. The maximum Gasteiger partial charge on any atom is 0.224 e. The van der Waals surface area contributed by atoms with Gasteiger partial charge in [0.05, 0.1) is 19.1 Å². The van der Waals surface area contributed by atoms with Crippen molar-refractivity contribution in [3.05, 3.63) is 41.5 Å². The second-order valence-electron chi connectivity index (χ2n) is 5.93. The lowest BCUT2D eigenvalue weighted by atomic mass is 10.2. The molecule has 1 N–H and O–H groups in total. The number of rotatable bonds is 6. The second-order valence-corrected chi connectivity index (χ2v) is 5.93. The summed E-state index contributed by atoms with van der Waals surface area (Å²) in [7, 11) is 0. The van der Waals surface area contributed by atoms with Crippen molar-refractivity contribution < 1.29 is 9.53 Å². The van der Waals surface area contributed by atoms with Crippen LogP contribution in [0, 0.1) is 6.92 Å². The zero-order valence-electron chi connectivity index (χ0n) is 13.6. The number of carbonyl (C=O) groups excluding carboxylic acids is 1. The molecule has 1 amide bonds. The largest absolute Gasteiger partial charge is 0.493 e. The number of fused-ring (bicyclic) bond motifs is 1. The molecule has 3 rings (SSSR count). The molecule has 0 saturated heterocycles. The van der Waals surface area contributed by atoms with Crippen LogP contribution in [-0.4, -0.2) is 27.3 Å². The number of nitrogens with one attached hydrogen (secondary N) is 1. The van der Waals surface area contributed by atoms with E-state index in [1.54, 1.807) is 0 Å². The highest BCUT2D eigenvalue weighted by Gasteiger charge is 2.22. The lowest BCUT2D eigenvalue weighted by molar-refractivity contribution is -0.122. The molecule has 6 nitrogen and oxygen atoms in total. The van der Waals surface area contributed by atoms with E-state index >= 15 is 0 Å². The SMILES string of the molecule is Cc1cccc(OCCC(=O)N[C@@H](C)c2nnc3n2CCC3)c1. The van der Waals surface area contributed by atoms with Crippen LogP contribution in [0.1, 0.15) is 43.0 Å². The molecule has 0 fully saturated rings. The summed E-state index contributed by atoms with van der Waals surface area (Å²) in [6, 6.07) is 7.67. The average molecular weight is 314 g/mol. The van der Waals surface area contributed by atoms with Crippen molar-refractivity contribution in [1.29, 1.82) is 0 Å². The van der Waals surface area contributed by atoms with Gasteiger partial charge in [0.1, 0.15) is 11.6 Å². The number of hydrogen-bond donors (Lipinski definition) is 1. The van der Waals surface area contributed by atoms with Crippen LogP contribution in [0.25, 0.3) is 0 Å². The minimum Gasteiger partial charge on any atom is -0.493 e. The van der Waals surface area contributed by atoms with Crippen molar-refractivity contribution in [3.63, 3.8) is 0 Å². The molecule has 0 radical (unpaired) electrons. The number of nitrogens with zero attached hydrogens (tertiary/aromatic N) is 3. The Bertz CT molecular complexity index is 696. The molecule has 2 heterocycles. The molecule has 0 aliphatic carbocycles. The van der Waals surface area contributed by atoms with E-state index in [2.05, 4.69) is 20.1 Å². The first kappa shape index (κ1) is 15.5. The summed E-state index contributed by atoms with van der Waals surface area (Å²) in [5.74, 6) is 2.61. The minimum atomic E-state index is -0.138. The van der Waals surface area contributed by atoms with E-state index < -0.39 is 0 Å². The van der Waals surface area contributed by atoms with E-state index in [1.807, 2.05) is 38.1 Å². The fourth-order valence-electron chi connectivity index (χ4n) is 2.84. The molecule has 1 aliphatic heterocycles. The summed E-state index contributed by atoms with van der Waals surface area (Å²) in [6.45, 7) is 5.25. The zero-order chi connectivity index (χ0) is 16.2. The third-order valence-corrected chi connectivity index (χ3v) is 3.99. The van der Waals surface area contributed by atoms with Crippen molar-refractivity contribution >= 4 is 5.91 Å². The van der Waals surface area contributed by atoms with Gasteiger partial charge < -0.3 is 14.6 Å². The monoisotopic (exact) mass is 314 g/mol. The molecular weight excluding hydrogens is 292 g/mol. The van der Waals surface area contributed by atoms with Crippen LogP contribution in [0.15, 0.2) is 24.3 Å². The van der Waals surface area contributed by atoms with E-state index in [0.29, 0.717) is 13.0 Å². The second kappa shape index (κ2) is 6.81. The van der Waals surface area contributed by atoms with Crippen molar-refractivity contribution in [2.45, 2.75) is 45.7 Å². The van der Waals surface area contributed by atoms with Crippen molar-refractivity contribution in [2.24, 2.45) is 0 Å². The van der Waals surface area contributed by atoms with Gasteiger partial charge in [0.25, 0.3) is 0 Å². The fraction of sp³-hybridized carbons (Fsp3) is 0.471. The molecular formula is C17H22N4O2. The summed E-state index contributed by atoms with van der Waals surface area (Å²) in [6.07, 6.45) is 2.39. The first-order valence-corrected chi connectivity index (χ1v) is 8.04. The van der Waals surface area contributed by atoms with E-state index in [9.17, 15) is 4.79 Å². The van der Waals surface area contributed by atoms with Gasteiger partial charge in [-0.3, -0.25) is 4.79 Å². The Balaban J connectivity index is 1.47. The van der Waals surface area contributed by atoms with Gasteiger partial charge in [-0.05, 0) is 38.0 Å². The maximum atomic E-state index is 12.1. The molecule has 0 unspecified atom stereocenters. The van der Waals surface area contributed by atoms with Crippen LogP contribution in [0.3, 0.4) is 0 Å². The Labute approximate surface area is 135 Å². The van der Waals surface area contributed by atoms with Gasteiger partial charge in [0.2, 0.25) is 5.91 Å². The quantitative estimate of drug-likeness (QED) is 0.887. The molecule has 23 heavy (non-hydrogen) atoms. The van der Waals surface area contributed by atoms with Crippen LogP contribution in [-0.2, 0) is 17.8 Å². The van der Waals surface area contributed by atoms with E-state index in [4.69, 9.17) is 4.74 Å². The van der Waals surface area contributed by atoms with Crippen LogP contribution < -0.4 is 10.1 Å². The van der Waals surface area contributed by atoms with Crippen molar-refractivity contribution in [2.75, 3.05) is 6.61 Å². The highest BCUT2D eigenvalue weighted by atomic mass is 16.5. The maximum absolute atomic E-state index is 12.1. The van der Waals surface area contributed by atoms with Gasteiger partial charge in [-0.25, -0.2) is 0 Å². The van der Waals surface area contributed by atoms with E-state index in [1.165, 1.54) is 0 Å². The molecule has 2 aromatic rings. The Morgan fingerprint density at radius 2 is 2.30 bits per heavy atom. The molecule has 0 bridgehead atoms. The number of aromatic nitrogens is 3. The van der Waals surface area contributed by atoms with Gasteiger partial charge in [-0.1, -0.05) is 12.1 Å². The Kier molecular flexibility index (Phi) is 4.60. The van der Waals surface area contributed by atoms with E-state index in [0.717, 1.165) is 42.3 Å². The fourth-order valence-corrected chi connectivity index (χ4v) is 2.84. The van der Waals surface area contributed by atoms with E-state index in [-0.39, 0.29) is 11.9 Å². The van der Waals surface area contributed by atoms with Gasteiger partial charge in [0.15, 0.2) is 5.82 Å². The number of aryl methyl sites for hydroxylation is 2. The molecule has 1 aliphatic rings. The summed E-state index contributed by atoms with van der Waals surface area (Å²) in [5, 5.41) is 11.3. The minimum absolute atomic E-state index is 0.0412. The number of hydrogen-bond acceptors (Lipinski definition) is 4. The smallest absolute Gasteiger partial charge is 0.224 e. The molecule has 1 aromatic carbocycles. The number of ether oxygens (including phenoxy) is 1. The summed E-state index contributed by atoms with van der Waals surface area (Å²) in [5.41, 5.74) is 1.14. The van der Waals surface area contributed by atoms with Crippen molar-refractivity contribution in [1.82, 2.24) is 20.1 Å². The van der Waals surface area contributed by atoms with Gasteiger partial charge in [0, 0.05) is 13.0 Å². The molecule has 0 saturated carbocycles. The molecule has 0 spiro atoms. The number of amides is 1. The molecule has 6 heteroatoms. The lowest BCUT2D eigenvalue weighted by Gasteiger charge is -2.14. The predicted octanol–water partition coefficient (Wildman–Crippen LogP) is 2.18. The number of carbonyl (C=O) groups is 1. The normalized spacial score (nSPS) is 14.3. The first-order chi connectivity index (χ1) is 11.1. The number of benzene rings is 1. The van der Waals surface area contributed by atoms with Crippen LogP contribution in [0.4, 0.5) is 0 Å². The highest BCUT2D eigenvalue weighted by molar-refractivity contribution is 5.76. The highest BCUT2D eigenvalue weighted by Crippen LogP contribution is 2.19. The Morgan fingerprint density at radius 1 is 1.43 bits per heavy atom. The lowest BCUT2D eigenvalue weighted by Crippen LogP contribution is -2.29. The topological polar surface area (TPSA) is 69.0 Å². The Hall–Kier alpha value is -2.37. The summed E-state index contributed by atoms with van der Waals surface area (Å²) >= 11 is 0. The molecule has 1 aromatic heterocycles. The van der Waals surface area contributed by atoms with Gasteiger partial charge in [-0.15, -0.1) is 10.2 Å². The van der Waals surface area contributed by atoms with Crippen molar-refractivity contribution in [3.8, 4) is 5.75 Å². The predicted molar refractivity (Wildman–Crippen MR) is 86.2 cm³/mol. The van der Waals surface area contributed by atoms with Gasteiger partial charge in [-0.2, -0.15) is 0 Å². The standard InChI is InChI=1S/C17H22N4O2/c1-12-5-3-6-14(11-12)23-10-8-16(22)18-13(2)17-20-19-15-7-4-9-21(15)17/h3,5-6,11,13H,4,7-10H2,1-2H3,(H,18,22)/t13-/m0/s1. The summed E-state index contributed by atoms with van der Waals surface area (Å²) < 4.78 is 7.72. The third-order valence-electron chi connectivity index (χ3n) is 3.99. The van der Waals surface area contributed by atoms with Gasteiger partial charge >= 0.3 is 0 Å². The van der Waals surface area contributed by atoms with Crippen LogP contribution >= 0.6 is 0 Å². The zero-order valence-corrected chi connectivity index (χ0v) is 13.6. The van der Waals surface area contributed by atoms with Crippen LogP contribution in [0.5, 0.6) is 5.75 Å². The first-order valence-electron chi connectivity index (χ1n) is 8.04. The molecule has 122 valence electrons. The summed E-state index contributed by atoms with van der Waals surface area (Å²) in [4.78, 5) is 12.1. The molecule has 1 atom stereocenters. The van der Waals surface area contributed by atoms with Crippen LogP contribution in [0.2, 0.25) is 0 Å². The third kappa shape index (κ3) is 3.70. The average Bonchev–Trinajstić information content (AvgIpc) is 3.09.